The highest BCUT2D eigenvalue weighted by Gasteiger charge is 2.17. The molecule has 112 valence electrons. The summed E-state index contributed by atoms with van der Waals surface area (Å²) in [4.78, 5) is 21.7. The third-order valence-electron chi connectivity index (χ3n) is 2.59. The zero-order chi connectivity index (χ0) is 16.1. The zero-order valence-corrected chi connectivity index (χ0v) is 11.8. The molecular weight excluding hydrogens is 313 g/mol. The van der Waals surface area contributed by atoms with Gasteiger partial charge in [-0.3, -0.25) is 10.1 Å². The maximum Gasteiger partial charge on any atom is 0.336 e. The number of rotatable bonds is 4. The molecule has 0 heterocycles. The van der Waals surface area contributed by atoms with Crippen LogP contribution in [0, 0.1) is 15.9 Å². The van der Waals surface area contributed by atoms with Crippen molar-refractivity contribution in [3.05, 3.63) is 75.1 Å². The number of halogens is 2. The third-order valence-corrected chi connectivity index (χ3v) is 2.82. The van der Waals surface area contributed by atoms with Crippen LogP contribution in [0.3, 0.4) is 0 Å². The molecule has 0 fully saturated rings. The SMILES string of the molecule is O=C(C=Cc1cccc(Cl)c1)Oc1cc(F)ccc1[N+](=O)[O-]. The summed E-state index contributed by atoms with van der Waals surface area (Å²) in [6.07, 6.45) is 2.50. The fraction of sp³-hybridized carbons (Fsp3) is 0. The molecular formula is C15H9ClFNO4. The van der Waals surface area contributed by atoms with Crippen molar-refractivity contribution in [1.29, 1.82) is 0 Å². The van der Waals surface area contributed by atoms with Crippen molar-refractivity contribution < 1.29 is 18.8 Å². The minimum atomic E-state index is -0.867. The van der Waals surface area contributed by atoms with E-state index in [1.54, 1.807) is 24.3 Å². The molecule has 0 aliphatic carbocycles. The minimum Gasteiger partial charge on any atom is -0.416 e. The molecule has 0 aromatic heterocycles. The van der Waals surface area contributed by atoms with Gasteiger partial charge in [-0.25, -0.2) is 9.18 Å². The Morgan fingerprint density at radius 2 is 2.05 bits per heavy atom. The lowest BCUT2D eigenvalue weighted by Crippen LogP contribution is -2.06. The number of benzene rings is 2. The van der Waals surface area contributed by atoms with Gasteiger partial charge in [-0.1, -0.05) is 23.7 Å². The molecule has 0 unspecified atom stereocenters. The third kappa shape index (κ3) is 4.13. The van der Waals surface area contributed by atoms with Crippen LogP contribution in [0.25, 0.3) is 6.08 Å². The number of carbonyl (C=O) groups is 1. The molecule has 0 bridgehead atoms. The van der Waals surface area contributed by atoms with Gasteiger partial charge in [-0.05, 0) is 29.8 Å². The number of nitro groups is 1. The predicted octanol–water partition coefficient (Wildman–Crippen LogP) is 4.01. The standard InChI is InChI=1S/C15H9ClFNO4/c16-11-3-1-2-10(8-11)4-7-15(19)22-14-9-12(17)5-6-13(14)18(20)21/h1-9H. The van der Waals surface area contributed by atoms with Crippen molar-refractivity contribution in [3.63, 3.8) is 0 Å². The second kappa shape index (κ2) is 6.82. The molecule has 0 N–H and O–H groups in total. The molecule has 5 nitrogen and oxygen atoms in total. The van der Waals surface area contributed by atoms with E-state index in [1.165, 1.54) is 6.08 Å². The van der Waals surface area contributed by atoms with E-state index < -0.39 is 28.1 Å². The summed E-state index contributed by atoms with van der Waals surface area (Å²) >= 11 is 5.80. The van der Waals surface area contributed by atoms with Gasteiger partial charge in [-0.2, -0.15) is 0 Å². The summed E-state index contributed by atoms with van der Waals surface area (Å²) in [6.45, 7) is 0. The van der Waals surface area contributed by atoms with Crippen LogP contribution in [0.5, 0.6) is 5.75 Å². The van der Waals surface area contributed by atoms with Gasteiger partial charge in [0.15, 0.2) is 0 Å². The van der Waals surface area contributed by atoms with Gasteiger partial charge in [0.25, 0.3) is 0 Å². The van der Waals surface area contributed by atoms with Crippen LogP contribution in [-0.2, 0) is 4.79 Å². The number of hydrogen-bond acceptors (Lipinski definition) is 4. The highest BCUT2D eigenvalue weighted by Crippen LogP contribution is 2.27. The Balaban J connectivity index is 2.15. The highest BCUT2D eigenvalue weighted by molar-refractivity contribution is 6.30. The van der Waals surface area contributed by atoms with Crippen LogP contribution in [0.2, 0.25) is 5.02 Å². The molecule has 22 heavy (non-hydrogen) atoms. The number of hydrogen-bond donors (Lipinski definition) is 0. The topological polar surface area (TPSA) is 69.4 Å². The fourth-order valence-corrected chi connectivity index (χ4v) is 1.84. The average molecular weight is 322 g/mol. The van der Waals surface area contributed by atoms with Crippen LogP contribution in [-0.4, -0.2) is 10.9 Å². The molecule has 0 saturated heterocycles. The summed E-state index contributed by atoms with van der Waals surface area (Å²) in [7, 11) is 0. The lowest BCUT2D eigenvalue weighted by atomic mass is 10.2. The molecule has 2 aromatic carbocycles. The largest absolute Gasteiger partial charge is 0.416 e. The fourth-order valence-electron chi connectivity index (χ4n) is 1.64. The Hall–Kier alpha value is -2.73. The maximum atomic E-state index is 13.1. The molecule has 0 amide bonds. The highest BCUT2D eigenvalue weighted by atomic mass is 35.5. The summed E-state index contributed by atoms with van der Waals surface area (Å²) in [5, 5.41) is 11.3. The Morgan fingerprint density at radius 1 is 1.27 bits per heavy atom. The molecule has 2 aromatic rings. The second-order valence-electron chi connectivity index (χ2n) is 4.18. The first-order valence-corrected chi connectivity index (χ1v) is 6.43. The molecule has 2 rings (SSSR count). The van der Waals surface area contributed by atoms with Gasteiger partial charge in [0, 0.05) is 23.2 Å². The van der Waals surface area contributed by atoms with Gasteiger partial charge in [0.05, 0.1) is 4.92 Å². The Morgan fingerprint density at radius 3 is 2.73 bits per heavy atom. The number of esters is 1. The Kier molecular flexibility index (Phi) is 4.85. The van der Waals surface area contributed by atoms with E-state index >= 15 is 0 Å². The van der Waals surface area contributed by atoms with Gasteiger partial charge < -0.3 is 4.74 Å². The quantitative estimate of drug-likeness (QED) is 0.280. The van der Waals surface area contributed by atoms with E-state index in [-0.39, 0.29) is 0 Å². The van der Waals surface area contributed by atoms with Gasteiger partial charge in [-0.15, -0.1) is 0 Å². The van der Waals surface area contributed by atoms with Crippen LogP contribution < -0.4 is 4.74 Å². The van der Waals surface area contributed by atoms with Gasteiger partial charge in [0.1, 0.15) is 5.82 Å². The summed E-state index contributed by atoms with van der Waals surface area (Å²) in [6, 6.07) is 9.33. The smallest absolute Gasteiger partial charge is 0.336 e. The number of nitrogens with zero attached hydrogens (tertiary/aromatic N) is 1. The normalized spacial score (nSPS) is 10.6. The average Bonchev–Trinajstić information content (AvgIpc) is 2.45. The van der Waals surface area contributed by atoms with Gasteiger partial charge in [0.2, 0.25) is 5.75 Å². The molecule has 0 aliphatic rings. The molecule has 0 spiro atoms. The first-order chi connectivity index (χ1) is 10.5. The van der Waals surface area contributed by atoms with E-state index in [4.69, 9.17) is 16.3 Å². The first-order valence-electron chi connectivity index (χ1n) is 6.05. The van der Waals surface area contributed by atoms with Crippen molar-refractivity contribution in [1.82, 2.24) is 0 Å². The summed E-state index contributed by atoms with van der Waals surface area (Å²) in [5.74, 6) is -2.06. The minimum absolute atomic E-state index is 0.453. The lowest BCUT2D eigenvalue weighted by Gasteiger charge is -2.02. The summed E-state index contributed by atoms with van der Waals surface area (Å²) in [5.41, 5.74) is 0.157. The van der Waals surface area contributed by atoms with E-state index in [9.17, 15) is 19.3 Å². The van der Waals surface area contributed by atoms with E-state index in [2.05, 4.69) is 0 Å². The first kappa shape index (κ1) is 15.7. The van der Waals surface area contributed by atoms with Crippen molar-refractivity contribution in [2.24, 2.45) is 0 Å². The molecule has 7 heteroatoms. The van der Waals surface area contributed by atoms with Crippen molar-refractivity contribution in [3.8, 4) is 5.75 Å². The van der Waals surface area contributed by atoms with Crippen molar-refractivity contribution >= 4 is 29.3 Å². The molecule has 0 aliphatic heterocycles. The van der Waals surface area contributed by atoms with Crippen LogP contribution in [0.4, 0.5) is 10.1 Å². The lowest BCUT2D eigenvalue weighted by molar-refractivity contribution is -0.385. The maximum absolute atomic E-state index is 13.1. The van der Waals surface area contributed by atoms with E-state index in [0.717, 1.165) is 24.3 Å². The predicted molar refractivity (Wildman–Crippen MR) is 79.2 cm³/mol. The zero-order valence-electron chi connectivity index (χ0n) is 11.0. The second-order valence-corrected chi connectivity index (χ2v) is 4.62. The van der Waals surface area contributed by atoms with E-state index in [0.29, 0.717) is 10.6 Å². The van der Waals surface area contributed by atoms with Crippen molar-refractivity contribution in [2.45, 2.75) is 0 Å². The van der Waals surface area contributed by atoms with Crippen molar-refractivity contribution in [2.75, 3.05) is 0 Å². The Labute approximate surface area is 129 Å². The monoisotopic (exact) mass is 321 g/mol. The molecule has 0 saturated carbocycles. The molecule has 0 atom stereocenters. The summed E-state index contributed by atoms with van der Waals surface area (Å²) < 4.78 is 17.9. The Bertz CT molecular complexity index is 761. The number of nitro benzene ring substituents is 1. The number of carbonyl (C=O) groups excluding carboxylic acids is 1. The van der Waals surface area contributed by atoms with E-state index in [1.807, 2.05) is 0 Å². The van der Waals surface area contributed by atoms with Crippen LogP contribution in [0.15, 0.2) is 48.5 Å². The van der Waals surface area contributed by atoms with Gasteiger partial charge >= 0.3 is 11.7 Å². The molecule has 0 radical (unpaired) electrons. The van der Waals surface area contributed by atoms with Crippen LogP contribution in [0.1, 0.15) is 5.56 Å². The van der Waals surface area contributed by atoms with Crippen LogP contribution >= 0.6 is 11.6 Å². The number of ether oxygens (including phenoxy) is 1.